The summed E-state index contributed by atoms with van der Waals surface area (Å²) in [6.07, 6.45) is 0. The quantitative estimate of drug-likeness (QED) is 0.766. The topological polar surface area (TPSA) is 78.4 Å². The number of halogens is 2. The van der Waals surface area contributed by atoms with Gasteiger partial charge in [-0.3, -0.25) is 0 Å². The average Bonchev–Trinajstić information content (AvgIpc) is 2.30. The largest absolute Gasteiger partial charge is 0.480 e. The molecular weight excluding hydrogens is 348 g/mol. The van der Waals surface area contributed by atoms with E-state index < -0.39 is 23.5 Å². The van der Waals surface area contributed by atoms with Crippen molar-refractivity contribution in [1.29, 1.82) is 0 Å². The number of benzene rings is 1. The van der Waals surface area contributed by atoms with Crippen LogP contribution in [0, 0.1) is 5.41 Å². The Morgan fingerprint density at radius 1 is 1.35 bits per heavy atom. The maximum Gasteiger partial charge on any atom is 0.326 e. The van der Waals surface area contributed by atoms with Crippen molar-refractivity contribution in [2.75, 3.05) is 5.32 Å². The van der Waals surface area contributed by atoms with Crippen LogP contribution in [0.5, 0.6) is 0 Å². The Hall–Kier alpha value is -1.27. The second-order valence-electron chi connectivity index (χ2n) is 5.34. The maximum absolute atomic E-state index is 11.9. The van der Waals surface area contributed by atoms with Crippen LogP contribution in [0.3, 0.4) is 0 Å². The molecule has 0 heterocycles. The predicted molar refractivity (Wildman–Crippen MR) is 82.2 cm³/mol. The first-order valence-electron chi connectivity index (χ1n) is 5.87. The minimum atomic E-state index is -1.09. The van der Waals surface area contributed by atoms with Gasteiger partial charge in [0.05, 0.1) is 15.2 Å². The Balaban J connectivity index is 2.82. The smallest absolute Gasteiger partial charge is 0.326 e. The zero-order chi connectivity index (χ0) is 15.5. The molecule has 1 atom stereocenters. The van der Waals surface area contributed by atoms with E-state index in [1.165, 1.54) is 0 Å². The van der Waals surface area contributed by atoms with Crippen LogP contribution in [-0.4, -0.2) is 23.1 Å². The summed E-state index contributed by atoms with van der Waals surface area (Å²) in [5.74, 6) is -1.09. The van der Waals surface area contributed by atoms with Crippen molar-refractivity contribution in [3.8, 4) is 0 Å². The number of amides is 2. The number of nitrogens with one attached hydrogen (secondary N) is 2. The Morgan fingerprint density at radius 2 is 1.95 bits per heavy atom. The Morgan fingerprint density at radius 3 is 2.45 bits per heavy atom. The fraction of sp³-hybridized carbons (Fsp3) is 0.385. The third kappa shape index (κ3) is 4.38. The summed E-state index contributed by atoms with van der Waals surface area (Å²) in [5, 5.41) is 14.6. The standard InChI is InChI=1S/C13H16BrClN2O3/c1-13(2,3)10(11(18)19)17-12(20)16-8-6-4-5-7(15)9(8)14/h4-6,10H,1-3H3,(H,18,19)(H2,16,17,20). The lowest BCUT2D eigenvalue weighted by Gasteiger charge is -2.27. The van der Waals surface area contributed by atoms with E-state index in [1.54, 1.807) is 39.0 Å². The van der Waals surface area contributed by atoms with Crippen molar-refractivity contribution in [2.45, 2.75) is 26.8 Å². The van der Waals surface area contributed by atoms with Gasteiger partial charge in [0.15, 0.2) is 0 Å². The van der Waals surface area contributed by atoms with Gasteiger partial charge in [0, 0.05) is 0 Å². The van der Waals surface area contributed by atoms with Gasteiger partial charge in [-0.25, -0.2) is 9.59 Å². The van der Waals surface area contributed by atoms with Gasteiger partial charge in [-0.2, -0.15) is 0 Å². The van der Waals surface area contributed by atoms with E-state index in [-0.39, 0.29) is 0 Å². The highest BCUT2D eigenvalue weighted by atomic mass is 79.9. The van der Waals surface area contributed by atoms with Crippen LogP contribution in [0.1, 0.15) is 20.8 Å². The second-order valence-corrected chi connectivity index (χ2v) is 6.54. The molecule has 1 unspecified atom stereocenters. The van der Waals surface area contributed by atoms with E-state index in [1.807, 2.05) is 0 Å². The van der Waals surface area contributed by atoms with E-state index in [4.69, 9.17) is 16.7 Å². The number of carboxylic acids is 1. The molecule has 0 bridgehead atoms. The number of carbonyl (C=O) groups is 2. The van der Waals surface area contributed by atoms with Crippen molar-refractivity contribution in [3.63, 3.8) is 0 Å². The van der Waals surface area contributed by atoms with Gasteiger partial charge >= 0.3 is 12.0 Å². The Bertz CT molecular complexity index is 529. The van der Waals surface area contributed by atoms with Gasteiger partial charge in [0.2, 0.25) is 0 Å². The van der Waals surface area contributed by atoms with Crippen LogP contribution in [0.25, 0.3) is 0 Å². The van der Waals surface area contributed by atoms with E-state index >= 15 is 0 Å². The monoisotopic (exact) mass is 362 g/mol. The number of hydrogen-bond acceptors (Lipinski definition) is 2. The van der Waals surface area contributed by atoms with Crippen molar-refractivity contribution < 1.29 is 14.7 Å². The molecule has 7 heteroatoms. The molecule has 1 aromatic carbocycles. The summed E-state index contributed by atoms with van der Waals surface area (Å²) in [4.78, 5) is 23.1. The van der Waals surface area contributed by atoms with Gasteiger partial charge in [-0.1, -0.05) is 38.4 Å². The molecule has 0 saturated heterocycles. The molecule has 1 rings (SSSR count). The number of aliphatic carboxylic acids is 1. The summed E-state index contributed by atoms with van der Waals surface area (Å²) in [7, 11) is 0. The van der Waals surface area contributed by atoms with Crippen LogP contribution in [0.4, 0.5) is 10.5 Å². The van der Waals surface area contributed by atoms with E-state index in [0.29, 0.717) is 15.2 Å². The van der Waals surface area contributed by atoms with Gasteiger partial charge in [0.25, 0.3) is 0 Å². The first-order valence-corrected chi connectivity index (χ1v) is 7.04. The van der Waals surface area contributed by atoms with E-state index in [0.717, 1.165) is 0 Å². The van der Waals surface area contributed by atoms with Crippen LogP contribution < -0.4 is 10.6 Å². The molecule has 0 aliphatic heterocycles. The zero-order valence-corrected chi connectivity index (χ0v) is 13.7. The highest BCUT2D eigenvalue weighted by Gasteiger charge is 2.32. The normalized spacial score (nSPS) is 12.7. The number of carbonyl (C=O) groups excluding carboxylic acids is 1. The molecule has 0 radical (unpaired) electrons. The first-order chi connectivity index (χ1) is 9.12. The predicted octanol–water partition coefficient (Wildman–Crippen LogP) is 3.72. The molecule has 0 aliphatic rings. The van der Waals surface area contributed by atoms with Gasteiger partial charge in [-0.05, 0) is 33.5 Å². The van der Waals surface area contributed by atoms with Crippen molar-refractivity contribution in [1.82, 2.24) is 5.32 Å². The van der Waals surface area contributed by atoms with Crippen molar-refractivity contribution >= 4 is 45.2 Å². The zero-order valence-electron chi connectivity index (χ0n) is 11.3. The summed E-state index contributed by atoms with van der Waals surface area (Å²) in [6, 6.07) is 3.41. The maximum atomic E-state index is 11.9. The number of rotatable bonds is 3. The summed E-state index contributed by atoms with van der Waals surface area (Å²) in [5.41, 5.74) is -0.137. The molecule has 0 aromatic heterocycles. The van der Waals surface area contributed by atoms with Crippen LogP contribution >= 0.6 is 27.5 Å². The van der Waals surface area contributed by atoms with Gasteiger partial charge < -0.3 is 15.7 Å². The van der Waals surface area contributed by atoms with Crippen molar-refractivity contribution in [2.24, 2.45) is 5.41 Å². The number of anilines is 1. The molecule has 0 saturated carbocycles. The average molecular weight is 364 g/mol. The van der Waals surface area contributed by atoms with Crippen LogP contribution in [0.15, 0.2) is 22.7 Å². The van der Waals surface area contributed by atoms with Gasteiger partial charge in [0.1, 0.15) is 6.04 Å². The second kappa shape index (κ2) is 6.45. The minimum Gasteiger partial charge on any atom is -0.480 e. The SMILES string of the molecule is CC(C)(C)C(NC(=O)Nc1cccc(Cl)c1Br)C(=O)O. The molecule has 0 aliphatic carbocycles. The summed E-state index contributed by atoms with van der Waals surface area (Å²) < 4.78 is 0.541. The molecule has 5 nitrogen and oxygen atoms in total. The summed E-state index contributed by atoms with van der Waals surface area (Å²) >= 11 is 9.17. The van der Waals surface area contributed by atoms with E-state index in [9.17, 15) is 9.59 Å². The fourth-order valence-corrected chi connectivity index (χ4v) is 2.08. The lowest BCUT2D eigenvalue weighted by molar-refractivity contribution is -0.141. The van der Waals surface area contributed by atoms with Crippen molar-refractivity contribution in [3.05, 3.63) is 27.7 Å². The third-order valence-electron chi connectivity index (χ3n) is 2.59. The number of hydrogen-bond donors (Lipinski definition) is 3. The molecular formula is C13H16BrClN2O3. The molecule has 3 N–H and O–H groups in total. The lowest BCUT2D eigenvalue weighted by Crippen LogP contribution is -2.50. The third-order valence-corrected chi connectivity index (χ3v) is 3.99. The molecule has 0 fully saturated rings. The first kappa shape index (κ1) is 16.8. The van der Waals surface area contributed by atoms with Gasteiger partial charge in [-0.15, -0.1) is 0 Å². The Kier molecular flexibility index (Phi) is 5.42. The minimum absolute atomic E-state index is 0.452. The Labute approximate surface area is 130 Å². The van der Waals surface area contributed by atoms with Crippen LogP contribution in [-0.2, 0) is 4.79 Å². The summed E-state index contributed by atoms with van der Waals surface area (Å²) in [6.45, 7) is 5.21. The molecule has 20 heavy (non-hydrogen) atoms. The number of urea groups is 1. The molecule has 0 spiro atoms. The van der Waals surface area contributed by atoms with Crippen LogP contribution in [0.2, 0.25) is 5.02 Å². The van der Waals surface area contributed by atoms with E-state index in [2.05, 4.69) is 26.6 Å². The highest BCUT2D eigenvalue weighted by molar-refractivity contribution is 9.10. The molecule has 2 amide bonds. The molecule has 110 valence electrons. The fourth-order valence-electron chi connectivity index (χ4n) is 1.54. The lowest BCUT2D eigenvalue weighted by atomic mass is 9.87. The number of carboxylic acid groups (broad SMARTS) is 1. The highest BCUT2D eigenvalue weighted by Crippen LogP contribution is 2.30. The molecule has 1 aromatic rings.